The number of hydrogen-bond acceptors (Lipinski definition) is 4. The summed E-state index contributed by atoms with van der Waals surface area (Å²) in [6.07, 6.45) is 2.16. The quantitative estimate of drug-likeness (QED) is 0.708. The minimum atomic E-state index is -4.21. The van der Waals surface area contributed by atoms with Crippen molar-refractivity contribution in [3.05, 3.63) is 59.2 Å². The number of benzene rings is 2. The number of carboxylic acid groups (broad SMARTS) is 1. The van der Waals surface area contributed by atoms with Crippen LogP contribution < -0.4 is 4.31 Å². The van der Waals surface area contributed by atoms with Gasteiger partial charge < -0.3 is 10.0 Å². The number of nitrogens with zero attached hydrogens (tertiary/aromatic N) is 2. The Kier molecular flexibility index (Phi) is 5.20. The molecule has 1 saturated carbocycles. The summed E-state index contributed by atoms with van der Waals surface area (Å²) in [7, 11) is -4.21. The maximum atomic E-state index is 15.9. The molecule has 1 amide bonds. The molecule has 5 rings (SSSR count). The monoisotopic (exact) mass is 490 g/mol. The fourth-order valence-electron chi connectivity index (χ4n) is 5.73. The largest absolute Gasteiger partial charge is 0.478 e. The number of halogens is 2. The highest BCUT2D eigenvalue weighted by atomic mass is 32.2. The molecule has 1 spiro atoms. The molecule has 1 saturated heterocycles. The van der Waals surface area contributed by atoms with Gasteiger partial charge >= 0.3 is 5.97 Å². The lowest BCUT2D eigenvalue weighted by molar-refractivity contribution is -0.130. The summed E-state index contributed by atoms with van der Waals surface area (Å²) >= 11 is 0. The third kappa shape index (κ3) is 3.30. The highest BCUT2D eigenvalue weighted by molar-refractivity contribution is 7.92. The Labute approximate surface area is 196 Å². The predicted molar refractivity (Wildman–Crippen MR) is 119 cm³/mol. The zero-order chi connectivity index (χ0) is 24.4. The van der Waals surface area contributed by atoms with Crippen LogP contribution >= 0.6 is 0 Å². The molecule has 3 aliphatic rings. The molecule has 0 radical (unpaired) electrons. The predicted octanol–water partition coefficient (Wildman–Crippen LogP) is 3.53. The van der Waals surface area contributed by atoms with Crippen molar-refractivity contribution in [2.24, 2.45) is 5.92 Å². The second kappa shape index (κ2) is 7.76. The third-order valence-corrected chi connectivity index (χ3v) is 9.25. The number of likely N-dealkylation sites (tertiary alicyclic amines) is 1. The fourth-order valence-corrected chi connectivity index (χ4v) is 7.52. The Bertz CT molecular complexity index is 1280. The van der Waals surface area contributed by atoms with E-state index in [0.717, 1.165) is 31.0 Å². The SMILES string of the molecule is CC(=O)N1CCC2(CC1)c1c(ccc(C(=O)O)c1F)N(S(=O)(=O)c1ccc(F)cc1)C2C1CC1. The van der Waals surface area contributed by atoms with Crippen LogP contribution in [0.2, 0.25) is 0 Å². The van der Waals surface area contributed by atoms with Crippen LogP contribution in [-0.2, 0) is 20.2 Å². The van der Waals surface area contributed by atoms with Crippen molar-refractivity contribution in [2.45, 2.75) is 49.0 Å². The highest BCUT2D eigenvalue weighted by Gasteiger charge is 2.61. The van der Waals surface area contributed by atoms with Gasteiger partial charge in [0.2, 0.25) is 5.91 Å². The standard InChI is InChI=1S/C24H24F2N2O5S/c1-14(29)27-12-10-24(11-13-27)20-19(9-8-18(21(20)26)23(30)31)28(22(24)15-2-3-15)34(32,33)17-6-4-16(25)5-7-17/h4-9,15,22H,2-3,10-13H2,1H3,(H,30,31). The van der Waals surface area contributed by atoms with E-state index in [4.69, 9.17) is 0 Å². The van der Waals surface area contributed by atoms with Gasteiger partial charge in [0, 0.05) is 31.0 Å². The van der Waals surface area contributed by atoms with Crippen LogP contribution in [-0.4, -0.2) is 49.4 Å². The average Bonchev–Trinajstić information content (AvgIpc) is 3.58. The van der Waals surface area contributed by atoms with Crippen LogP contribution in [0.3, 0.4) is 0 Å². The molecule has 0 bridgehead atoms. The van der Waals surface area contributed by atoms with Gasteiger partial charge in [-0.2, -0.15) is 0 Å². The summed E-state index contributed by atoms with van der Waals surface area (Å²) in [5.74, 6) is -3.08. The summed E-state index contributed by atoms with van der Waals surface area (Å²) in [5, 5.41) is 9.56. The molecule has 180 valence electrons. The number of amides is 1. The van der Waals surface area contributed by atoms with Crippen LogP contribution in [0.25, 0.3) is 0 Å². The number of aromatic carboxylic acids is 1. The van der Waals surface area contributed by atoms with Crippen molar-refractivity contribution >= 4 is 27.6 Å². The van der Waals surface area contributed by atoms with E-state index >= 15 is 4.39 Å². The molecule has 2 heterocycles. The maximum Gasteiger partial charge on any atom is 0.338 e. The third-order valence-electron chi connectivity index (χ3n) is 7.44. The lowest BCUT2D eigenvalue weighted by Gasteiger charge is -2.45. The lowest BCUT2D eigenvalue weighted by atomic mass is 9.67. The van der Waals surface area contributed by atoms with E-state index in [1.807, 2.05) is 0 Å². The molecule has 2 aromatic rings. The van der Waals surface area contributed by atoms with Gasteiger partial charge in [-0.25, -0.2) is 22.0 Å². The van der Waals surface area contributed by atoms with Crippen LogP contribution in [0.15, 0.2) is 41.3 Å². The van der Waals surface area contributed by atoms with Gasteiger partial charge in [-0.1, -0.05) is 0 Å². The molecule has 1 N–H and O–H groups in total. The zero-order valence-corrected chi connectivity index (χ0v) is 19.3. The molecule has 0 aromatic heterocycles. The van der Waals surface area contributed by atoms with Crippen molar-refractivity contribution in [1.29, 1.82) is 0 Å². The number of rotatable bonds is 4. The molecule has 2 fully saturated rings. The second-order valence-electron chi connectivity index (χ2n) is 9.33. The van der Waals surface area contributed by atoms with Gasteiger partial charge in [-0.15, -0.1) is 0 Å². The van der Waals surface area contributed by atoms with Gasteiger partial charge in [-0.3, -0.25) is 9.10 Å². The number of fused-ring (bicyclic) bond motifs is 2. The van der Waals surface area contributed by atoms with Crippen LogP contribution in [0.4, 0.5) is 14.5 Å². The Morgan fingerprint density at radius 2 is 1.65 bits per heavy atom. The first-order chi connectivity index (χ1) is 16.1. The zero-order valence-electron chi connectivity index (χ0n) is 18.5. The normalized spacial score (nSPS) is 21.6. The Morgan fingerprint density at radius 1 is 1.03 bits per heavy atom. The number of anilines is 1. The van der Waals surface area contributed by atoms with E-state index in [1.165, 1.54) is 29.4 Å². The van der Waals surface area contributed by atoms with Gasteiger partial charge in [0.05, 0.1) is 22.2 Å². The van der Waals surface area contributed by atoms with E-state index in [-0.39, 0.29) is 28.0 Å². The minimum Gasteiger partial charge on any atom is -0.478 e. The molecule has 10 heteroatoms. The minimum absolute atomic E-state index is 0.0285. The maximum absolute atomic E-state index is 15.9. The molecule has 34 heavy (non-hydrogen) atoms. The van der Waals surface area contributed by atoms with Gasteiger partial charge in [0.15, 0.2) is 0 Å². The van der Waals surface area contributed by atoms with Gasteiger partial charge in [0.25, 0.3) is 10.0 Å². The number of carboxylic acids is 1. The van der Waals surface area contributed by atoms with Crippen molar-refractivity contribution in [3.63, 3.8) is 0 Å². The highest BCUT2D eigenvalue weighted by Crippen LogP contribution is 2.59. The Balaban J connectivity index is 1.73. The molecule has 1 aliphatic carbocycles. The van der Waals surface area contributed by atoms with Crippen molar-refractivity contribution in [1.82, 2.24) is 4.90 Å². The van der Waals surface area contributed by atoms with E-state index in [2.05, 4.69) is 0 Å². The van der Waals surface area contributed by atoms with Crippen molar-refractivity contribution < 1.29 is 31.9 Å². The summed E-state index contributed by atoms with van der Waals surface area (Å²) in [6.45, 7) is 2.09. The molecule has 2 aliphatic heterocycles. The topological polar surface area (TPSA) is 95.0 Å². The number of sulfonamides is 1. The summed E-state index contributed by atoms with van der Waals surface area (Å²) in [4.78, 5) is 25.2. The Hall–Kier alpha value is -3.01. The number of carbonyl (C=O) groups is 2. The van der Waals surface area contributed by atoms with E-state index in [0.29, 0.717) is 25.9 Å². The number of carbonyl (C=O) groups excluding carboxylic acids is 1. The van der Waals surface area contributed by atoms with E-state index in [1.54, 1.807) is 4.90 Å². The first kappa shape index (κ1) is 22.8. The Morgan fingerprint density at radius 3 is 2.18 bits per heavy atom. The van der Waals surface area contributed by atoms with Crippen molar-refractivity contribution in [3.8, 4) is 0 Å². The smallest absolute Gasteiger partial charge is 0.338 e. The van der Waals surface area contributed by atoms with Crippen LogP contribution in [0.1, 0.15) is 48.5 Å². The lowest BCUT2D eigenvalue weighted by Crippen LogP contribution is -2.54. The molecular weight excluding hydrogens is 466 g/mol. The molecule has 1 atom stereocenters. The second-order valence-corrected chi connectivity index (χ2v) is 11.1. The molecule has 2 aromatic carbocycles. The van der Waals surface area contributed by atoms with Gasteiger partial charge in [0.1, 0.15) is 11.6 Å². The van der Waals surface area contributed by atoms with Gasteiger partial charge in [-0.05, 0) is 68.0 Å². The summed E-state index contributed by atoms with van der Waals surface area (Å²) < 4.78 is 58.4. The molecule has 1 unspecified atom stereocenters. The molecule has 7 nitrogen and oxygen atoms in total. The van der Waals surface area contributed by atoms with E-state index in [9.17, 15) is 27.5 Å². The molecular formula is C24H24F2N2O5S. The first-order valence-electron chi connectivity index (χ1n) is 11.2. The van der Waals surface area contributed by atoms with Crippen LogP contribution in [0, 0.1) is 17.6 Å². The van der Waals surface area contributed by atoms with Crippen molar-refractivity contribution in [2.75, 3.05) is 17.4 Å². The first-order valence-corrected chi connectivity index (χ1v) is 12.6. The van der Waals surface area contributed by atoms with E-state index < -0.39 is 44.6 Å². The average molecular weight is 491 g/mol. The fraction of sp³-hybridized carbons (Fsp3) is 0.417. The number of hydrogen-bond donors (Lipinski definition) is 1. The summed E-state index contributed by atoms with van der Waals surface area (Å²) in [6, 6.07) is 6.32. The summed E-state index contributed by atoms with van der Waals surface area (Å²) in [5.41, 5.74) is -1.26. The number of piperidine rings is 1. The van der Waals surface area contributed by atoms with Crippen LogP contribution in [0.5, 0.6) is 0 Å².